The van der Waals surface area contributed by atoms with Crippen LogP contribution in [-0.4, -0.2) is 65.2 Å². The Hall–Kier alpha value is -6.26. The summed E-state index contributed by atoms with van der Waals surface area (Å²) in [5.74, 6) is 0.547. The molecule has 9 aromatic rings. The van der Waals surface area contributed by atoms with Gasteiger partial charge in [0.25, 0.3) is 5.95 Å². The van der Waals surface area contributed by atoms with Crippen molar-refractivity contribution in [3.63, 3.8) is 0 Å². The number of nitrogens with one attached hydrogen (secondary N) is 2. The van der Waals surface area contributed by atoms with Crippen molar-refractivity contribution in [3.8, 4) is 5.69 Å². The molecule has 1 aliphatic rings. The average molecular weight is 969 g/mol. The van der Waals surface area contributed by atoms with E-state index in [9.17, 15) is 0 Å². The van der Waals surface area contributed by atoms with E-state index in [4.69, 9.17) is 22.9 Å². The zero-order valence-electron chi connectivity index (χ0n) is 32.9. The molecule has 10 rings (SSSR count). The number of para-hydroxylation sites is 1. The molecule has 308 valence electrons. The van der Waals surface area contributed by atoms with Gasteiger partial charge in [-0.3, -0.25) is 10.1 Å². The van der Waals surface area contributed by atoms with E-state index in [1.165, 1.54) is 16.7 Å². The van der Waals surface area contributed by atoms with Gasteiger partial charge in [-0.05, 0) is 110 Å². The Morgan fingerprint density at radius 3 is 2.22 bits per heavy atom. The maximum atomic E-state index is 6.12. The summed E-state index contributed by atoms with van der Waals surface area (Å²) in [5, 5.41) is 17.3. The summed E-state index contributed by atoms with van der Waals surface area (Å²) >= 11 is 3.94. The van der Waals surface area contributed by atoms with Gasteiger partial charge in [0.05, 0.1) is 40.3 Å². The summed E-state index contributed by atoms with van der Waals surface area (Å²) in [4.78, 5) is 4.17. The fourth-order valence-corrected chi connectivity index (χ4v) is 7.58. The Bertz CT molecular complexity index is 2930. The quantitative estimate of drug-likeness (QED) is 0.0816. The molecular formula is C42H46N14S2Se2. The second-order valence-corrected chi connectivity index (χ2v) is 16.1. The van der Waals surface area contributed by atoms with Crippen LogP contribution in [0.2, 0.25) is 0 Å². The van der Waals surface area contributed by atoms with Gasteiger partial charge in [0.1, 0.15) is 0 Å². The summed E-state index contributed by atoms with van der Waals surface area (Å²) in [7, 11) is -0.335. The zero-order chi connectivity index (χ0) is 41.7. The Balaban J connectivity index is 0.000000168. The summed E-state index contributed by atoms with van der Waals surface area (Å²) in [6.45, 7) is 6.31. The van der Waals surface area contributed by atoms with Crippen molar-refractivity contribution in [3.05, 3.63) is 167 Å². The number of benzene rings is 5. The van der Waals surface area contributed by atoms with Crippen LogP contribution in [0.15, 0.2) is 149 Å². The van der Waals surface area contributed by atoms with Gasteiger partial charge < -0.3 is 27.1 Å². The largest absolute Gasteiger partial charge is 0.322 e. The Morgan fingerprint density at radius 1 is 0.767 bits per heavy atom. The van der Waals surface area contributed by atoms with Gasteiger partial charge in [-0.2, -0.15) is 5.10 Å². The number of pyridine rings is 1. The molecule has 10 N–H and O–H groups in total. The molecule has 0 fully saturated rings. The molecule has 0 spiro atoms. The molecule has 0 saturated carbocycles. The van der Waals surface area contributed by atoms with Crippen molar-refractivity contribution in [2.24, 2.45) is 8.80 Å². The number of nitrogen functional groups attached to an aromatic ring is 4. The first-order valence-electron chi connectivity index (χ1n) is 18.1. The third-order valence-electron chi connectivity index (χ3n) is 8.88. The number of rotatable bonds is 3. The van der Waals surface area contributed by atoms with Crippen molar-refractivity contribution in [1.29, 1.82) is 0 Å². The SMILES string of the molecule is Cc1cc(-n2cccc2)c(N)c(C)c1C.Nc1ccc2[nH]ncc2c1.Nc1ccc2ncccc2c1.Nc1cccc2c1=NS(=[Se])N=2.[HH].[SeH2].c1ccc(Nc2nnsn2)cc1. The van der Waals surface area contributed by atoms with Gasteiger partial charge >= 0.3 is 89.8 Å². The van der Waals surface area contributed by atoms with Crippen LogP contribution in [-0.2, 0) is 0 Å². The molecule has 60 heavy (non-hydrogen) atoms. The molecule has 0 bridgehead atoms. The number of nitrogens with two attached hydrogens (primary N) is 4. The van der Waals surface area contributed by atoms with Gasteiger partial charge in [-0.25, -0.2) is 0 Å². The summed E-state index contributed by atoms with van der Waals surface area (Å²) in [5.41, 5.74) is 33.9. The van der Waals surface area contributed by atoms with Gasteiger partial charge in [0.15, 0.2) is 0 Å². The van der Waals surface area contributed by atoms with E-state index in [-0.39, 0.29) is 27.7 Å². The predicted molar refractivity (Wildman–Crippen MR) is 256 cm³/mol. The summed E-state index contributed by atoms with van der Waals surface area (Å²) in [6, 6.07) is 36.8. The third-order valence-corrected chi connectivity index (χ3v) is 10.9. The van der Waals surface area contributed by atoms with Crippen LogP contribution in [0.4, 0.5) is 34.4 Å². The normalized spacial score (nSPS) is 11.9. The molecule has 18 heteroatoms. The molecule has 0 aliphatic carbocycles. The number of aryl methyl sites for hydroxylation is 1. The fraction of sp³-hybridized carbons (Fsp3) is 0.0714. The Kier molecular flexibility index (Phi) is 16.2. The molecule has 1 unspecified atom stereocenters. The van der Waals surface area contributed by atoms with Gasteiger partial charge in [0.2, 0.25) is 0 Å². The standard InChI is InChI=1S/C13H16N2.C9H8N2.C7H6N4S.C7H7N3.C6H5N3SSe.H2Se.H2/c1-9-8-12(15-6-4-5-7-15)13(14)11(3)10(9)2;10-8-3-4-9-7(6-8)2-1-5-11-9;1-2-4-6(5-3-1)8-7-9-11-12-10-7;8-6-1-2-7-5(3-6)4-9-10-7;7-4-2-1-3-5-6(4)9-10(11)8-5;;/h4-8H,14H2,1-3H3;1-6H,10H2;1-5H,(H,8,10);1-4H,8H2,(H,9,10);1-3H,7H2;1H2;1H. The first-order chi connectivity index (χ1) is 28.5. The van der Waals surface area contributed by atoms with Crippen molar-refractivity contribution < 1.29 is 1.43 Å². The predicted octanol–water partition coefficient (Wildman–Crippen LogP) is 6.66. The van der Waals surface area contributed by atoms with E-state index in [1.54, 1.807) is 12.4 Å². The van der Waals surface area contributed by atoms with E-state index < -0.39 is 0 Å². The molecule has 0 amide bonds. The van der Waals surface area contributed by atoms with E-state index in [0.29, 0.717) is 11.6 Å². The van der Waals surface area contributed by atoms with Crippen LogP contribution < -0.4 is 39.0 Å². The van der Waals surface area contributed by atoms with E-state index in [2.05, 4.69) is 89.0 Å². The van der Waals surface area contributed by atoms with Crippen LogP contribution in [0.1, 0.15) is 18.1 Å². The Morgan fingerprint density at radius 2 is 1.50 bits per heavy atom. The first kappa shape index (κ1) is 44.8. The molecule has 1 aliphatic heterocycles. The van der Waals surface area contributed by atoms with Gasteiger partial charge in [-0.15, -0.1) is 4.37 Å². The first-order valence-corrected chi connectivity index (χ1v) is 21.9. The number of hydrogen-bond acceptors (Lipinski definition) is 13. The molecule has 5 heterocycles. The van der Waals surface area contributed by atoms with Crippen molar-refractivity contribution >= 4 is 109 Å². The van der Waals surface area contributed by atoms with Gasteiger partial charge in [-0.1, -0.05) is 33.9 Å². The van der Waals surface area contributed by atoms with Crippen molar-refractivity contribution in [2.45, 2.75) is 20.8 Å². The smallest absolute Gasteiger partial charge is 0.260 e. The second kappa shape index (κ2) is 21.7. The van der Waals surface area contributed by atoms with Crippen LogP contribution in [0, 0.1) is 20.8 Å². The molecule has 0 radical (unpaired) electrons. The topological polar surface area (TPSA) is 226 Å². The minimum Gasteiger partial charge on any atom is -0.322 e. The summed E-state index contributed by atoms with van der Waals surface area (Å²) in [6.07, 6.45) is 7.56. The number of aromatic nitrogens is 7. The second-order valence-electron chi connectivity index (χ2n) is 12.9. The van der Waals surface area contributed by atoms with E-state index in [1.807, 2.05) is 122 Å². The fourth-order valence-electron chi connectivity index (χ4n) is 5.58. The van der Waals surface area contributed by atoms with Crippen LogP contribution in [0.25, 0.3) is 27.5 Å². The van der Waals surface area contributed by atoms with Crippen molar-refractivity contribution in [2.75, 3.05) is 28.3 Å². The van der Waals surface area contributed by atoms with Crippen LogP contribution in [0.5, 0.6) is 0 Å². The Labute approximate surface area is 372 Å². The molecule has 4 aromatic heterocycles. The number of aromatic amines is 1. The monoisotopic (exact) mass is 970 g/mol. The van der Waals surface area contributed by atoms with Gasteiger partial charge in [0, 0.05) is 47.9 Å². The third kappa shape index (κ3) is 12.1. The van der Waals surface area contributed by atoms with Crippen molar-refractivity contribution in [1.82, 2.24) is 33.7 Å². The van der Waals surface area contributed by atoms with E-state index >= 15 is 0 Å². The average Bonchev–Trinajstić information content (AvgIpc) is 4.09. The maximum Gasteiger partial charge on any atom is 0.260 e. The van der Waals surface area contributed by atoms with Crippen LogP contribution >= 0.6 is 20.9 Å². The summed E-state index contributed by atoms with van der Waals surface area (Å²) < 4.78 is 18.1. The molecule has 0 saturated heterocycles. The number of anilines is 6. The minimum atomic E-state index is -0.335. The number of hydrogen-bond donors (Lipinski definition) is 6. The van der Waals surface area contributed by atoms with E-state index in [0.717, 1.165) is 72.7 Å². The zero-order valence-corrected chi connectivity index (χ0v) is 38.3. The van der Waals surface area contributed by atoms with Crippen LogP contribution in [0.3, 0.4) is 0 Å². The molecular weight excluding hydrogens is 923 g/mol. The number of H-pyrrole nitrogens is 1. The molecule has 5 aromatic carbocycles. The molecule has 14 nitrogen and oxygen atoms in total. The number of fused-ring (bicyclic) bond motifs is 3. The number of nitrogens with zero attached hydrogens (tertiary/aromatic N) is 8. The maximum absolute atomic E-state index is 6.12. The molecule has 1 atom stereocenters. The minimum absolute atomic E-state index is 0.